The van der Waals surface area contributed by atoms with Crippen molar-refractivity contribution in [3.63, 3.8) is 0 Å². The molecule has 0 aliphatic heterocycles. The highest BCUT2D eigenvalue weighted by Crippen LogP contribution is 2.16. The molecule has 1 heterocycles. The lowest BCUT2D eigenvalue weighted by atomic mass is 10.2. The third-order valence-electron chi connectivity index (χ3n) is 2.05. The number of nitrogens with two attached hydrogens (primary N) is 1. The standard InChI is InChI=1S/C9H12ClN3O3/c1-2-6(8(11)13-15)12-9(14)5-3-4-16-7(5)10/h3-4,6,15H,2H2,1H3,(H2,11,13)(H,12,14). The largest absolute Gasteiger partial charge is 0.452 e. The fourth-order valence-corrected chi connectivity index (χ4v) is 1.35. The average Bonchev–Trinajstić information content (AvgIpc) is 2.71. The first-order valence-corrected chi connectivity index (χ1v) is 4.99. The maximum atomic E-state index is 11.7. The number of hydrogen-bond donors (Lipinski definition) is 3. The summed E-state index contributed by atoms with van der Waals surface area (Å²) in [5.74, 6) is -0.493. The quantitative estimate of drug-likeness (QED) is 0.321. The molecule has 1 rings (SSSR count). The molecule has 7 heteroatoms. The lowest BCUT2D eigenvalue weighted by molar-refractivity contribution is 0.0945. The number of carbonyl (C=O) groups is 1. The molecule has 0 saturated heterocycles. The van der Waals surface area contributed by atoms with Crippen LogP contribution < -0.4 is 11.1 Å². The summed E-state index contributed by atoms with van der Waals surface area (Å²) < 4.78 is 4.78. The van der Waals surface area contributed by atoms with Gasteiger partial charge in [0.25, 0.3) is 5.91 Å². The van der Waals surface area contributed by atoms with Gasteiger partial charge in [0.05, 0.1) is 17.9 Å². The molecular formula is C9H12ClN3O3. The van der Waals surface area contributed by atoms with E-state index < -0.39 is 11.9 Å². The minimum Gasteiger partial charge on any atom is -0.452 e. The second kappa shape index (κ2) is 5.41. The van der Waals surface area contributed by atoms with Gasteiger partial charge < -0.3 is 20.7 Å². The predicted molar refractivity (Wildman–Crippen MR) is 58.7 cm³/mol. The van der Waals surface area contributed by atoms with Crippen LogP contribution in [0.2, 0.25) is 5.22 Å². The molecule has 1 aromatic rings. The Morgan fingerprint density at radius 1 is 1.81 bits per heavy atom. The molecule has 1 amide bonds. The van der Waals surface area contributed by atoms with Crippen LogP contribution in [0.15, 0.2) is 21.9 Å². The monoisotopic (exact) mass is 245 g/mol. The average molecular weight is 246 g/mol. The lowest BCUT2D eigenvalue weighted by Crippen LogP contribution is -2.44. The molecule has 4 N–H and O–H groups in total. The highest BCUT2D eigenvalue weighted by molar-refractivity contribution is 6.32. The number of rotatable bonds is 4. The summed E-state index contributed by atoms with van der Waals surface area (Å²) in [6, 6.07) is 0.903. The Kier molecular flexibility index (Phi) is 4.19. The molecule has 6 nitrogen and oxygen atoms in total. The van der Waals surface area contributed by atoms with Gasteiger partial charge in [-0.1, -0.05) is 12.1 Å². The van der Waals surface area contributed by atoms with Crippen LogP contribution in [-0.4, -0.2) is 23.0 Å². The van der Waals surface area contributed by atoms with Crippen molar-refractivity contribution in [1.82, 2.24) is 5.32 Å². The van der Waals surface area contributed by atoms with E-state index in [-0.39, 0.29) is 16.6 Å². The molecule has 0 saturated carbocycles. The lowest BCUT2D eigenvalue weighted by Gasteiger charge is -2.14. The first kappa shape index (κ1) is 12.4. The van der Waals surface area contributed by atoms with Gasteiger partial charge >= 0.3 is 0 Å². The third-order valence-corrected chi connectivity index (χ3v) is 2.34. The van der Waals surface area contributed by atoms with Gasteiger partial charge in [-0.15, -0.1) is 0 Å². The van der Waals surface area contributed by atoms with E-state index in [0.717, 1.165) is 0 Å². The summed E-state index contributed by atoms with van der Waals surface area (Å²) in [4.78, 5) is 11.7. The number of nitrogens with one attached hydrogen (secondary N) is 1. The van der Waals surface area contributed by atoms with Gasteiger partial charge in [-0.05, 0) is 24.1 Å². The molecule has 1 atom stereocenters. The fourth-order valence-electron chi connectivity index (χ4n) is 1.15. The van der Waals surface area contributed by atoms with Gasteiger partial charge in [0.1, 0.15) is 0 Å². The molecule has 88 valence electrons. The molecule has 0 aliphatic carbocycles. The first-order chi connectivity index (χ1) is 7.60. The van der Waals surface area contributed by atoms with E-state index in [4.69, 9.17) is 27.0 Å². The first-order valence-electron chi connectivity index (χ1n) is 4.61. The van der Waals surface area contributed by atoms with E-state index in [2.05, 4.69) is 10.5 Å². The van der Waals surface area contributed by atoms with Crippen molar-refractivity contribution in [3.05, 3.63) is 23.1 Å². The fraction of sp³-hybridized carbons (Fsp3) is 0.333. The Balaban J connectivity index is 2.74. The summed E-state index contributed by atoms with van der Waals surface area (Å²) in [6.45, 7) is 1.79. The second-order valence-corrected chi connectivity index (χ2v) is 3.41. The smallest absolute Gasteiger partial charge is 0.256 e. The molecule has 1 unspecified atom stereocenters. The molecule has 0 bridgehead atoms. The highest BCUT2D eigenvalue weighted by Gasteiger charge is 2.19. The number of amidine groups is 1. The topological polar surface area (TPSA) is 101 Å². The molecule has 0 fully saturated rings. The number of halogens is 1. The van der Waals surface area contributed by atoms with Crippen LogP contribution in [0.1, 0.15) is 23.7 Å². The van der Waals surface area contributed by atoms with Crippen molar-refractivity contribution in [3.8, 4) is 0 Å². The van der Waals surface area contributed by atoms with Crippen LogP contribution in [0.4, 0.5) is 0 Å². The van der Waals surface area contributed by atoms with Gasteiger partial charge in [-0.2, -0.15) is 0 Å². The van der Waals surface area contributed by atoms with Crippen LogP contribution >= 0.6 is 11.6 Å². The van der Waals surface area contributed by atoms with E-state index in [1.807, 2.05) is 0 Å². The number of nitrogens with zero attached hydrogens (tertiary/aromatic N) is 1. The van der Waals surface area contributed by atoms with E-state index in [1.165, 1.54) is 12.3 Å². The summed E-state index contributed by atoms with van der Waals surface area (Å²) in [7, 11) is 0. The predicted octanol–water partition coefficient (Wildman–Crippen LogP) is 1.19. The molecule has 0 aromatic carbocycles. The molecular weight excluding hydrogens is 234 g/mol. The van der Waals surface area contributed by atoms with Gasteiger partial charge in [-0.3, -0.25) is 4.79 Å². The highest BCUT2D eigenvalue weighted by atomic mass is 35.5. The summed E-state index contributed by atoms with van der Waals surface area (Å²) in [6.07, 6.45) is 1.80. The van der Waals surface area contributed by atoms with Gasteiger partial charge in [0.15, 0.2) is 5.84 Å². The summed E-state index contributed by atoms with van der Waals surface area (Å²) >= 11 is 5.64. The Bertz CT molecular complexity index is 402. The Hall–Kier alpha value is -1.69. The molecule has 0 radical (unpaired) electrons. The Labute approximate surface area is 97.0 Å². The van der Waals surface area contributed by atoms with Crippen molar-refractivity contribution < 1.29 is 14.4 Å². The minimum absolute atomic E-state index is 0.00635. The Morgan fingerprint density at radius 2 is 2.50 bits per heavy atom. The summed E-state index contributed by atoms with van der Waals surface area (Å²) in [5, 5.41) is 13.9. The number of furan rings is 1. The van der Waals surface area contributed by atoms with Crippen molar-refractivity contribution in [1.29, 1.82) is 0 Å². The van der Waals surface area contributed by atoms with Crippen LogP contribution in [-0.2, 0) is 0 Å². The zero-order valence-electron chi connectivity index (χ0n) is 8.61. The van der Waals surface area contributed by atoms with E-state index in [1.54, 1.807) is 6.92 Å². The molecule has 0 aliphatic rings. The normalized spacial score (nSPS) is 13.5. The maximum absolute atomic E-state index is 11.7. The molecule has 16 heavy (non-hydrogen) atoms. The number of oxime groups is 1. The minimum atomic E-state index is -0.538. The van der Waals surface area contributed by atoms with Gasteiger partial charge in [-0.25, -0.2) is 0 Å². The van der Waals surface area contributed by atoms with Crippen molar-refractivity contribution in [2.45, 2.75) is 19.4 Å². The van der Waals surface area contributed by atoms with Crippen LogP contribution in [0, 0.1) is 0 Å². The van der Waals surface area contributed by atoms with E-state index in [9.17, 15) is 4.79 Å². The van der Waals surface area contributed by atoms with E-state index >= 15 is 0 Å². The van der Waals surface area contributed by atoms with Crippen molar-refractivity contribution in [2.75, 3.05) is 0 Å². The van der Waals surface area contributed by atoms with Crippen LogP contribution in [0.25, 0.3) is 0 Å². The third kappa shape index (κ3) is 2.66. The van der Waals surface area contributed by atoms with Gasteiger partial charge in [0.2, 0.25) is 5.22 Å². The number of carbonyl (C=O) groups excluding carboxylic acids is 1. The van der Waals surface area contributed by atoms with Crippen LogP contribution in [0.3, 0.4) is 0 Å². The Morgan fingerprint density at radius 3 is 2.94 bits per heavy atom. The van der Waals surface area contributed by atoms with Crippen LogP contribution in [0.5, 0.6) is 0 Å². The van der Waals surface area contributed by atoms with E-state index in [0.29, 0.717) is 6.42 Å². The second-order valence-electron chi connectivity index (χ2n) is 3.07. The SMILES string of the molecule is CCC(NC(=O)c1ccoc1Cl)/C(N)=N/O. The molecule has 0 spiro atoms. The number of amides is 1. The van der Waals surface area contributed by atoms with Crippen molar-refractivity contribution >= 4 is 23.3 Å². The maximum Gasteiger partial charge on any atom is 0.256 e. The van der Waals surface area contributed by atoms with Crippen molar-refractivity contribution in [2.24, 2.45) is 10.9 Å². The van der Waals surface area contributed by atoms with Gasteiger partial charge in [0, 0.05) is 0 Å². The zero-order valence-corrected chi connectivity index (χ0v) is 9.36. The zero-order chi connectivity index (χ0) is 12.1. The number of hydrogen-bond acceptors (Lipinski definition) is 4. The summed E-state index contributed by atoms with van der Waals surface area (Å²) in [5.41, 5.74) is 5.61. The molecule has 1 aromatic heterocycles.